The van der Waals surface area contributed by atoms with Crippen molar-refractivity contribution in [2.45, 2.75) is 26.8 Å². The third-order valence-corrected chi connectivity index (χ3v) is 2.12. The van der Waals surface area contributed by atoms with E-state index in [-0.39, 0.29) is 41.6 Å². The summed E-state index contributed by atoms with van der Waals surface area (Å²) in [7, 11) is 0. The van der Waals surface area contributed by atoms with Crippen molar-refractivity contribution < 1.29 is 9.72 Å². The molecule has 0 saturated carbocycles. The molecule has 0 bridgehead atoms. The summed E-state index contributed by atoms with van der Waals surface area (Å²) < 4.78 is 0. The van der Waals surface area contributed by atoms with Crippen LogP contribution in [0, 0.1) is 17.0 Å². The molecule has 1 aromatic heterocycles. The van der Waals surface area contributed by atoms with Crippen molar-refractivity contribution in [2.24, 2.45) is 0 Å². The molecule has 9 heteroatoms. The van der Waals surface area contributed by atoms with Crippen molar-refractivity contribution in [3.63, 3.8) is 0 Å². The molecule has 1 heterocycles. The lowest BCUT2D eigenvalue weighted by molar-refractivity contribution is -0.385. The molecule has 0 aliphatic rings. The summed E-state index contributed by atoms with van der Waals surface area (Å²) in [6.45, 7) is 4.95. The molecular formula is C10H16N6O3. The number of anilines is 2. The standard InChI is InChI=1S/C10H16N6O3/c1-5(2)13-7(17)4-12-9-8(16(18)19)6(3)14-10(11)15-9/h5H,4H2,1-3H3,(H,13,17)(H3,11,12,14,15). The number of aryl methyl sites for hydroxylation is 1. The Morgan fingerprint density at radius 3 is 2.63 bits per heavy atom. The van der Waals surface area contributed by atoms with E-state index in [1.54, 1.807) is 0 Å². The molecule has 4 N–H and O–H groups in total. The van der Waals surface area contributed by atoms with Gasteiger partial charge in [-0.3, -0.25) is 14.9 Å². The van der Waals surface area contributed by atoms with Crippen LogP contribution in [0.25, 0.3) is 0 Å². The molecule has 19 heavy (non-hydrogen) atoms. The van der Waals surface area contributed by atoms with E-state index in [0.29, 0.717) is 0 Å². The lowest BCUT2D eigenvalue weighted by Crippen LogP contribution is -2.35. The van der Waals surface area contributed by atoms with Gasteiger partial charge in [-0.05, 0) is 20.8 Å². The van der Waals surface area contributed by atoms with Crippen molar-refractivity contribution in [3.05, 3.63) is 15.8 Å². The Kier molecular flexibility index (Phi) is 4.56. The Bertz CT molecular complexity index is 502. The van der Waals surface area contributed by atoms with Gasteiger partial charge in [-0.15, -0.1) is 0 Å². The van der Waals surface area contributed by atoms with Gasteiger partial charge < -0.3 is 16.4 Å². The van der Waals surface area contributed by atoms with Gasteiger partial charge in [0, 0.05) is 6.04 Å². The van der Waals surface area contributed by atoms with E-state index in [9.17, 15) is 14.9 Å². The van der Waals surface area contributed by atoms with Gasteiger partial charge in [0.25, 0.3) is 0 Å². The van der Waals surface area contributed by atoms with Gasteiger partial charge >= 0.3 is 5.69 Å². The number of nitrogens with zero attached hydrogens (tertiary/aromatic N) is 3. The number of aromatic nitrogens is 2. The second-order valence-corrected chi connectivity index (χ2v) is 4.20. The van der Waals surface area contributed by atoms with Gasteiger partial charge in [0.15, 0.2) is 0 Å². The van der Waals surface area contributed by atoms with E-state index >= 15 is 0 Å². The number of nitrogen functional groups attached to an aromatic ring is 1. The molecule has 0 spiro atoms. The second-order valence-electron chi connectivity index (χ2n) is 4.20. The fourth-order valence-corrected chi connectivity index (χ4v) is 1.47. The number of nitro groups is 1. The minimum atomic E-state index is -0.614. The average molecular weight is 268 g/mol. The van der Waals surface area contributed by atoms with Crippen LogP contribution in [0.2, 0.25) is 0 Å². The number of carbonyl (C=O) groups is 1. The first-order chi connectivity index (χ1) is 8.81. The number of rotatable bonds is 5. The minimum absolute atomic E-state index is 0.0125. The number of amides is 1. The van der Waals surface area contributed by atoms with E-state index in [1.807, 2.05) is 13.8 Å². The topological polar surface area (TPSA) is 136 Å². The first-order valence-electron chi connectivity index (χ1n) is 5.63. The lowest BCUT2D eigenvalue weighted by atomic mass is 10.3. The smallest absolute Gasteiger partial charge is 0.332 e. The number of hydrogen-bond donors (Lipinski definition) is 3. The first kappa shape index (κ1) is 14.6. The zero-order chi connectivity index (χ0) is 14.6. The van der Waals surface area contributed by atoms with E-state index < -0.39 is 4.92 Å². The average Bonchev–Trinajstić information content (AvgIpc) is 2.23. The van der Waals surface area contributed by atoms with Crippen molar-refractivity contribution in [1.82, 2.24) is 15.3 Å². The predicted octanol–water partition coefficient (Wildman–Crippen LogP) is 0.212. The molecule has 104 valence electrons. The highest BCUT2D eigenvalue weighted by atomic mass is 16.6. The van der Waals surface area contributed by atoms with Crippen LogP contribution in [-0.4, -0.2) is 33.4 Å². The number of hydrogen-bond acceptors (Lipinski definition) is 7. The monoisotopic (exact) mass is 268 g/mol. The zero-order valence-electron chi connectivity index (χ0n) is 10.9. The highest BCUT2D eigenvalue weighted by Crippen LogP contribution is 2.25. The van der Waals surface area contributed by atoms with Crippen LogP contribution in [0.5, 0.6) is 0 Å². The second kappa shape index (κ2) is 5.94. The van der Waals surface area contributed by atoms with Crippen molar-refractivity contribution in [2.75, 3.05) is 17.6 Å². The molecule has 9 nitrogen and oxygen atoms in total. The van der Waals surface area contributed by atoms with E-state index in [2.05, 4.69) is 20.6 Å². The van der Waals surface area contributed by atoms with Gasteiger partial charge in [-0.2, -0.15) is 4.98 Å². The molecule has 1 amide bonds. The molecule has 0 aliphatic heterocycles. The molecule has 0 atom stereocenters. The van der Waals surface area contributed by atoms with Gasteiger partial charge in [-0.1, -0.05) is 0 Å². The van der Waals surface area contributed by atoms with Crippen LogP contribution in [0.1, 0.15) is 19.5 Å². The molecular weight excluding hydrogens is 252 g/mol. The maximum Gasteiger partial charge on any atom is 0.332 e. The lowest BCUT2D eigenvalue weighted by Gasteiger charge is -2.10. The zero-order valence-corrected chi connectivity index (χ0v) is 10.9. The molecule has 1 rings (SSSR count). The summed E-state index contributed by atoms with van der Waals surface area (Å²) in [5, 5.41) is 16.2. The SMILES string of the molecule is Cc1nc(N)nc(NCC(=O)NC(C)C)c1[N+](=O)[O-]. The van der Waals surface area contributed by atoms with Crippen LogP contribution in [-0.2, 0) is 4.79 Å². The van der Waals surface area contributed by atoms with Crippen molar-refractivity contribution >= 4 is 23.4 Å². The van der Waals surface area contributed by atoms with Gasteiger partial charge in [0.05, 0.1) is 11.5 Å². The Hall–Kier alpha value is -2.45. The normalized spacial score (nSPS) is 10.3. The summed E-state index contributed by atoms with van der Waals surface area (Å²) in [5.74, 6) is -0.442. The quantitative estimate of drug-likeness (QED) is 0.513. The highest BCUT2D eigenvalue weighted by Gasteiger charge is 2.21. The summed E-state index contributed by atoms with van der Waals surface area (Å²) in [5.41, 5.74) is 5.29. The Morgan fingerprint density at radius 1 is 1.47 bits per heavy atom. The first-order valence-corrected chi connectivity index (χ1v) is 5.63. The fraction of sp³-hybridized carbons (Fsp3) is 0.500. The van der Waals surface area contributed by atoms with E-state index in [0.717, 1.165) is 0 Å². The minimum Gasteiger partial charge on any atom is -0.368 e. The third-order valence-electron chi connectivity index (χ3n) is 2.12. The maximum absolute atomic E-state index is 11.5. The summed E-state index contributed by atoms with van der Waals surface area (Å²) in [4.78, 5) is 29.2. The summed E-state index contributed by atoms with van der Waals surface area (Å²) in [6, 6.07) is -0.0125. The number of nitrogens with two attached hydrogens (primary N) is 1. The molecule has 0 radical (unpaired) electrons. The Morgan fingerprint density at radius 2 is 2.11 bits per heavy atom. The molecule has 0 fully saturated rings. The third kappa shape index (κ3) is 4.05. The predicted molar refractivity (Wildman–Crippen MR) is 69.6 cm³/mol. The summed E-state index contributed by atoms with van der Waals surface area (Å²) in [6.07, 6.45) is 0. The van der Waals surface area contributed by atoms with Crippen LogP contribution in [0.4, 0.5) is 17.5 Å². The summed E-state index contributed by atoms with van der Waals surface area (Å²) >= 11 is 0. The molecule has 0 aromatic carbocycles. The van der Waals surface area contributed by atoms with Crippen LogP contribution >= 0.6 is 0 Å². The molecule has 0 saturated heterocycles. The van der Waals surface area contributed by atoms with Gasteiger partial charge in [-0.25, -0.2) is 4.98 Å². The van der Waals surface area contributed by atoms with Gasteiger partial charge in [0.2, 0.25) is 17.7 Å². The van der Waals surface area contributed by atoms with Crippen molar-refractivity contribution in [1.29, 1.82) is 0 Å². The van der Waals surface area contributed by atoms with Crippen molar-refractivity contribution in [3.8, 4) is 0 Å². The maximum atomic E-state index is 11.5. The number of nitrogens with one attached hydrogen (secondary N) is 2. The van der Waals surface area contributed by atoms with E-state index in [1.165, 1.54) is 6.92 Å². The Balaban J connectivity index is 2.88. The van der Waals surface area contributed by atoms with Crippen LogP contribution in [0.15, 0.2) is 0 Å². The van der Waals surface area contributed by atoms with Gasteiger partial charge in [0.1, 0.15) is 5.69 Å². The van der Waals surface area contributed by atoms with Crippen LogP contribution in [0.3, 0.4) is 0 Å². The molecule has 0 aliphatic carbocycles. The number of carbonyl (C=O) groups excluding carboxylic acids is 1. The van der Waals surface area contributed by atoms with Crippen LogP contribution < -0.4 is 16.4 Å². The van der Waals surface area contributed by atoms with E-state index in [4.69, 9.17) is 5.73 Å². The largest absolute Gasteiger partial charge is 0.368 e. The Labute approximate surface area is 109 Å². The highest BCUT2D eigenvalue weighted by molar-refractivity contribution is 5.81. The fourth-order valence-electron chi connectivity index (χ4n) is 1.47. The molecule has 0 unspecified atom stereocenters. The molecule has 1 aromatic rings.